The third kappa shape index (κ3) is 3.66. The molecule has 4 rings (SSSR count). The van der Waals surface area contributed by atoms with E-state index in [0.29, 0.717) is 10.6 Å². The van der Waals surface area contributed by atoms with Crippen LogP contribution >= 0.6 is 11.3 Å². The summed E-state index contributed by atoms with van der Waals surface area (Å²) in [6.45, 7) is 6.08. The predicted octanol–water partition coefficient (Wildman–Crippen LogP) is 5.16. The zero-order chi connectivity index (χ0) is 21.5. The van der Waals surface area contributed by atoms with Gasteiger partial charge in [0.1, 0.15) is 4.88 Å². The number of hydrogen-bond acceptors (Lipinski definition) is 5. The quantitative estimate of drug-likeness (QED) is 0.572. The molecule has 0 saturated heterocycles. The van der Waals surface area contributed by atoms with E-state index in [1.165, 1.54) is 21.8 Å². The lowest BCUT2D eigenvalue weighted by Crippen LogP contribution is -2.38. The van der Waals surface area contributed by atoms with Gasteiger partial charge in [0.2, 0.25) is 5.78 Å². The maximum absolute atomic E-state index is 13.4. The maximum atomic E-state index is 13.4. The lowest BCUT2D eigenvalue weighted by molar-refractivity contribution is 0.104. The molecule has 1 aliphatic rings. The number of fused-ring (bicyclic) bond motifs is 1. The number of benzene rings is 2. The Bertz CT molecular complexity index is 1260. The van der Waals surface area contributed by atoms with E-state index in [-0.39, 0.29) is 11.4 Å². The second-order valence-corrected chi connectivity index (χ2v) is 10.2. The lowest BCUT2D eigenvalue weighted by atomic mass is 10.1. The van der Waals surface area contributed by atoms with Crippen molar-refractivity contribution in [2.75, 3.05) is 9.62 Å². The van der Waals surface area contributed by atoms with Gasteiger partial charge in [-0.3, -0.25) is 9.10 Å². The van der Waals surface area contributed by atoms with Gasteiger partial charge in [-0.15, -0.1) is 11.3 Å². The van der Waals surface area contributed by atoms with E-state index in [2.05, 4.69) is 5.32 Å². The summed E-state index contributed by atoms with van der Waals surface area (Å²) in [5.41, 5.74) is 5.25. The van der Waals surface area contributed by atoms with E-state index in [4.69, 9.17) is 0 Å². The van der Waals surface area contributed by atoms with Crippen LogP contribution in [0.1, 0.15) is 31.9 Å². The molecule has 0 aliphatic carbocycles. The molecule has 0 bridgehead atoms. The van der Waals surface area contributed by atoms with Gasteiger partial charge in [0.05, 0.1) is 12.2 Å². The second kappa shape index (κ2) is 7.74. The largest absolute Gasteiger partial charge is 0.360 e. The van der Waals surface area contributed by atoms with Crippen molar-refractivity contribution in [3.8, 4) is 0 Å². The van der Waals surface area contributed by atoms with Crippen LogP contribution in [0.25, 0.3) is 0 Å². The summed E-state index contributed by atoms with van der Waals surface area (Å²) in [7, 11) is -4.01. The summed E-state index contributed by atoms with van der Waals surface area (Å²) < 4.78 is 28.2. The van der Waals surface area contributed by atoms with E-state index in [1.54, 1.807) is 11.4 Å². The highest BCUT2D eigenvalue weighted by molar-refractivity contribution is 7.97. The van der Waals surface area contributed by atoms with E-state index in [0.717, 1.165) is 27.9 Å². The zero-order valence-corrected chi connectivity index (χ0v) is 18.6. The summed E-state index contributed by atoms with van der Waals surface area (Å²) in [4.78, 5) is 13.2. The molecule has 0 unspecified atom stereocenters. The normalized spacial score (nSPS) is 16.6. The molecule has 0 amide bonds. The van der Waals surface area contributed by atoms with Crippen molar-refractivity contribution in [3.63, 3.8) is 0 Å². The summed E-state index contributed by atoms with van der Waals surface area (Å²) in [5.74, 6) is -0.475. The van der Waals surface area contributed by atoms with Crippen LogP contribution < -0.4 is 9.62 Å². The SMILES string of the molecule is Cc1ccc(CN2c3ccsc3C(=O)/C(=C/Nc3ccc(C)cc3C)S2(=O)=O)cc1. The first-order valence-electron chi connectivity index (χ1n) is 9.52. The number of carbonyl (C=O) groups excluding carboxylic acids is 1. The monoisotopic (exact) mass is 438 g/mol. The molecule has 154 valence electrons. The van der Waals surface area contributed by atoms with Crippen LogP contribution in [0.4, 0.5) is 11.4 Å². The fraction of sp³-hybridized carbons (Fsp3) is 0.174. The average molecular weight is 439 g/mol. The van der Waals surface area contributed by atoms with Gasteiger partial charge in [-0.2, -0.15) is 0 Å². The average Bonchev–Trinajstić information content (AvgIpc) is 3.17. The Hall–Kier alpha value is -2.90. The number of carbonyl (C=O) groups is 1. The van der Waals surface area contributed by atoms with Crippen molar-refractivity contribution >= 4 is 38.5 Å². The molecule has 7 heteroatoms. The molecule has 0 saturated carbocycles. The highest BCUT2D eigenvalue weighted by atomic mass is 32.2. The van der Waals surface area contributed by atoms with Crippen molar-refractivity contribution < 1.29 is 13.2 Å². The Morgan fingerprint density at radius 1 is 1.00 bits per heavy atom. The molecule has 0 fully saturated rings. The molecule has 3 aromatic rings. The first kappa shape index (κ1) is 20.4. The number of anilines is 2. The van der Waals surface area contributed by atoms with Gasteiger partial charge in [0, 0.05) is 11.9 Å². The zero-order valence-electron chi connectivity index (χ0n) is 17.0. The number of aryl methyl sites for hydroxylation is 3. The molecule has 0 radical (unpaired) electrons. The van der Waals surface area contributed by atoms with Crippen molar-refractivity contribution in [3.05, 3.63) is 92.1 Å². The van der Waals surface area contributed by atoms with Gasteiger partial charge >= 0.3 is 0 Å². The van der Waals surface area contributed by atoms with E-state index < -0.39 is 15.8 Å². The van der Waals surface area contributed by atoms with Gasteiger partial charge in [0.15, 0.2) is 4.91 Å². The Balaban J connectivity index is 1.74. The number of nitrogens with one attached hydrogen (secondary N) is 1. The van der Waals surface area contributed by atoms with Crippen molar-refractivity contribution in [1.82, 2.24) is 0 Å². The number of ketones is 1. The first-order valence-corrected chi connectivity index (χ1v) is 11.8. The van der Waals surface area contributed by atoms with Crippen LogP contribution in [0.3, 0.4) is 0 Å². The summed E-state index contributed by atoms with van der Waals surface area (Å²) in [5, 5.41) is 4.78. The van der Waals surface area contributed by atoms with Gasteiger partial charge < -0.3 is 5.32 Å². The number of Topliss-reactive ketones (excluding diaryl/α,β-unsaturated/α-hetero) is 1. The molecule has 2 aromatic carbocycles. The van der Waals surface area contributed by atoms with E-state index in [1.807, 2.05) is 63.2 Å². The minimum absolute atomic E-state index is 0.167. The predicted molar refractivity (Wildman–Crippen MR) is 123 cm³/mol. The molecule has 1 aromatic heterocycles. The van der Waals surface area contributed by atoms with Gasteiger partial charge in [-0.1, -0.05) is 47.5 Å². The van der Waals surface area contributed by atoms with Crippen LogP contribution in [-0.2, 0) is 16.6 Å². The number of rotatable bonds is 4. The first-order chi connectivity index (χ1) is 14.3. The van der Waals surface area contributed by atoms with Crippen LogP contribution in [0.15, 0.2) is 65.0 Å². The summed E-state index contributed by atoms with van der Waals surface area (Å²) in [6, 6.07) is 15.2. The summed E-state index contributed by atoms with van der Waals surface area (Å²) >= 11 is 1.26. The van der Waals surface area contributed by atoms with Crippen molar-refractivity contribution in [2.24, 2.45) is 0 Å². The van der Waals surface area contributed by atoms with Gasteiger partial charge in [0.25, 0.3) is 10.0 Å². The highest BCUT2D eigenvalue weighted by Crippen LogP contribution is 2.39. The molecule has 30 heavy (non-hydrogen) atoms. The molecular weight excluding hydrogens is 416 g/mol. The minimum atomic E-state index is -4.01. The summed E-state index contributed by atoms with van der Waals surface area (Å²) in [6.07, 6.45) is 1.32. The second-order valence-electron chi connectivity index (χ2n) is 7.43. The number of allylic oxidation sites excluding steroid dienone is 1. The van der Waals surface area contributed by atoms with E-state index in [9.17, 15) is 13.2 Å². The molecular formula is C23H22N2O3S2. The minimum Gasteiger partial charge on any atom is -0.360 e. The third-order valence-corrected chi connectivity index (χ3v) is 7.77. The van der Waals surface area contributed by atoms with Crippen molar-refractivity contribution in [2.45, 2.75) is 27.3 Å². The number of thiophene rings is 1. The van der Waals surface area contributed by atoms with Crippen LogP contribution in [-0.4, -0.2) is 14.2 Å². The Morgan fingerprint density at radius 3 is 2.40 bits per heavy atom. The van der Waals surface area contributed by atoms with Crippen LogP contribution in [0, 0.1) is 20.8 Å². The fourth-order valence-corrected chi connectivity index (χ4v) is 5.92. The lowest BCUT2D eigenvalue weighted by Gasteiger charge is -2.29. The molecule has 1 aliphatic heterocycles. The van der Waals surface area contributed by atoms with Gasteiger partial charge in [-0.05, 0) is 49.4 Å². The van der Waals surface area contributed by atoms with Crippen LogP contribution in [0.2, 0.25) is 0 Å². The fourth-order valence-electron chi connectivity index (χ4n) is 3.43. The molecule has 5 nitrogen and oxygen atoms in total. The molecule has 0 spiro atoms. The molecule has 2 heterocycles. The smallest absolute Gasteiger partial charge is 0.270 e. The Labute approximate surface area is 180 Å². The topological polar surface area (TPSA) is 66.5 Å². The third-order valence-electron chi connectivity index (χ3n) is 5.10. The van der Waals surface area contributed by atoms with E-state index >= 15 is 0 Å². The molecule has 1 N–H and O–H groups in total. The molecule has 0 atom stereocenters. The number of sulfonamides is 1. The van der Waals surface area contributed by atoms with Crippen molar-refractivity contribution in [1.29, 1.82) is 0 Å². The Morgan fingerprint density at radius 2 is 1.70 bits per heavy atom. The maximum Gasteiger partial charge on any atom is 0.270 e. The van der Waals surface area contributed by atoms with Gasteiger partial charge in [-0.25, -0.2) is 8.42 Å². The number of hydrogen-bond donors (Lipinski definition) is 1. The standard InChI is InChI=1S/C23H22N2O3S2/c1-15-4-7-18(8-5-15)14-25-20-10-11-29-23(20)22(26)21(30(25,27)28)13-24-19-9-6-16(2)12-17(19)3/h4-13,24H,14H2,1-3H3/b21-13-. The Kier molecular flexibility index (Phi) is 5.26. The number of nitrogens with zero attached hydrogens (tertiary/aromatic N) is 1. The highest BCUT2D eigenvalue weighted by Gasteiger charge is 2.41. The van der Waals surface area contributed by atoms with Crippen LogP contribution in [0.5, 0.6) is 0 Å².